The number of hydrogen-bond donors (Lipinski definition) is 1. The Hall–Kier alpha value is -0.0800. The van der Waals surface area contributed by atoms with E-state index in [1.807, 2.05) is 6.92 Å². The van der Waals surface area contributed by atoms with Gasteiger partial charge in [0.15, 0.2) is 0 Å². The van der Waals surface area contributed by atoms with Gasteiger partial charge in [0.1, 0.15) is 0 Å². The molecule has 2 N–H and O–H groups in total. The van der Waals surface area contributed by atoms with Gasteiger partial charge in [0.25, 0.3) is 0 Å². The number of rotatable bonds is 1. The third-order valence-electron chi connectivity index (χ3n) is 1.87. The van der Waals surface area contributed by atoms with Crippen LogP contribution in [0.4, 0.5) is 0 Å². The number of nitrogens with two attached hydrogens (primary N) is 1. The zero-order valence-electron chi connectivity index (χ0n) is 8.14. The lowest BCUT2D eigenvalue weighted by atomic mass is 10.3. The fraction of sp³-hybridized carbons (Fsp3) is 1.00. The Morgan fingerprint density at radius 2 is 1.73 bits per heavy atom. The molecule has 0 aliphatic carbocycles. The van der Waals surface area contributed by atoms with Gasteiger partial charge in [-0.2, -0.15) is 0 Å². The molecular weight excluding hydrogens is 136 g/mol. The van der Waals surface area contributed by atoms with Gasteiger partial charge >= 0.3 is 0 Å². The monoisotopic (exact) mass is 160 g/mol. The van der Waals surface area contributed by atoms with Gasteiger partial charge in [0.05, 0.1) is 0 Å². The molecule has 2 nitrogen and oxygen atoms in total. The lowest BCUT2D eigenvalue weighted by molar-refractivity contribution is 0.276. The van der Waals surface area contributed by atoms with Crippen LogP contribution >= 0.6 is 0 Å². The van der Waals surface area contributed by atoms with Gasteiger partial charge < -0.3 is 10.6 Å². The van der Waals surface area contributed by atoms with Crippen molar-refractivity contribution in [3.05, 3.63) is 0 Å². The summed E-state index contributed by atoms with van der Waals surface area (Å²) in [5, 5.41) is 0. The van der Waals surface area contributed by atoms with Crippen LogP contribution in [0.5, 0.6) is 0 Å². The topological polar surface area (TPSA) is 29.3 Å². The summed E-state index contributed by atoms with van der Waals surface area (Å²) in [6, 6.07) is 0.775. The average molecular weight is 160 g/mol. The molecule has 1 aliphatic heterocycles. The van der Waals surface area contributed by atoms with Crippen molar-refractivity contribution >= 4 is 0 Å². The number of likely N-dealkylation sites (tertiary alicyclic amines) is 1. The Bertz CT molecular complexity index is 80.6. The first kappa shape index (κ1) is 10.9. The molecule has 1 aliphatic rings. The van der Waals surface area contributed by atoms with Gasteiger partial charge in [-0.15, -0.1) is 0 Å². The van der Waals surface area contributed by atoms with E-state index >= 15 is 0 Å². The molecule has 0 spiro atoms. The number of nitrogens with zero attached hydrogens (tertiary/aromatic N) is 1. The van der Waals surface area contributed by atoms with Gasteiger partial charge in [0.2, 0.25) is 0 Å². The molecule has 0 atom stereocenters. The first-order valence-electron chi connectivity index (χ1n) is 4.66. The predicted molar refractivity (Wildman–Crippen MR) is 52.8 cm³/mol. The molecule has 0 aromatic carbocycles. The highest BCUT2D eigenvalue weighted by Gasteiger charge is 2.13. The second kappa shape index (κ2) is 6.62. The lowest BCUT2D eigenvalue weighted by Gasteiger charge is -2.18. The fourth-order valence-corrected chi connectivity index (χ4v) is 1.26. The molecule has 0 radical (unpaired) electrons. The van der Waals surface area contributed by atoms with Crippen LogP contribution in [0.25, 0.3) is 0 Å². The molecule has 1 heterocycles. The van der Waals surface area contributed by atoms with Gasteiger partial charge in [0, 0.05) is 7.47 Å². The highest BCUT2D eigenvalue weighted by atomic mass is 15.2. The molecule has 70 valence electrons. The molecule has 0 bridgehead atoms. The lowest BCUT2D eigenvalue weighted by Crippen LogP contribution is -2.26. The maximum absolute atomic E-state index is 4.85. The molecule has 0 unspecified atom stereocenters. The molecule has 0 amide bonds. The van der Waals surface area contributed by atoms with Gasteiger partial charge in [-0.3, -0.25) is 0 Å². The molecular formula is C9H24N2. The fourth-order valence-electron chi connectivity index (χ4n) is 1.26. The van der Waals surface area contributed by atoms with Crippen molar-refractivity contribution in [3.8, 4) is 0 Å². The smallest absolute Gasteiger partial charge is 0.00385 e. The molecule has 11 heavy (non-hydrogen) atoms. The minimum absolute atomic E-state index is 0. The average Bonchev–Trinajstić information content (AvgIpc) is 2.38. The molecule has 0 aromatic heterocycles. The van der Waals surface area contributed by atoms with Crippen molar-refractivity contribution in [2.24, 2.45) is 5.73 Å². The summed E-state index contributed by atoms with van der Waals surface area (Å²) in [6.45, 7) is 9.85. The van der Waals surface area contributed by atoms with Crippen LogP contribution in [-0.4, -0.2) is 30.6 Å². The normalized spacial score (nSPS) is 18.3. The van der Waals surface area contributed by atoms with Crippen LogP contribution in [0, 0.1) is 0 Å². The second-order valence-corrected chi connectivity index (χ2v) is 3.25. The molecule has 1 saturated heterocycles. The summed E-state index contributed by atoms with van der Waals surface area (Å²) < 4.78 is 0. The molecule has 2 heteroatoms. The van der Waals surface area contributed by atoms with E-state index in [0.717, 1.165) is 12.6 Å². The van der Waals surface area contributed by atoms with Crippen molar-refractivity contribution in [2.75, 3.05) is 19.6 Å². The maximum atomic E-state index is 4.85. The Labute approximate surface area is 72.2 Å². The van der Waals surface area contributed by atoms with Gasteiger partial charge in [-0.25, -0.2) is 0 Å². The van der Waals surface area contributed by atoms with Crippen molar-refractivity contribution in [3.63, 3.8) is 0 Å². The minimum Gasteiger partial charge on any atom is -0.331 e. The number of hydrogen-bond acceptors (Lipinski definition) is 2. The highest BCUT2D eigenvalue weighted by molar-refractivity contribution is 4.68. The van der Waals surface area contributed by atoms with Gasteiger partial charge in [-0.05, 0) is 46.3 Å². The molecule has 1 rings (SSSR count). The third-order valence-corrected chi connectivity index (χ3v) is 1.87. The van der Waals surface area contributed by atoms with Crippen LogP contribution in [0.1, 0.15) is 35.0 Å². The van der Waals surface area contributed by atoms with Crippen LogP contribution in [0.15, 0.2) is 0 Å². The van der Waals surface area contributed by atoms with Crippen molar-refractivity contribution < 1.29 is 1.43 Å². The van der Waals surface area contributed by atoms with Crippen molar-refractivity contribution in [2.45, 2.75) is 39.7 Å². The third kappa shape index (κ3) is 5.22. The van der Waals surface area contributed by atoms with Gasteiger partial charge in [-0.1, -0.05) is 6.92 Å². The Kier molecular flexibility index (Phi) is 6.57. The zero-order valence-corrected chi connectivity index (χ0v) is 8.14. The summed E-state index contributed by atoms with van der Waals surface area (Å²) in [4.78, 5) is 2.53. The standard InChI is InChI=1S/C7H15N.C2H7N.H2/c1-7(2)8-5-3-4-6-8;1-2-3;/h7H,3-6H2,1-2H3;2-3H2,1H3;1H. The van der Waals surface area contributed by atoms with E-state index < -0.39 is 0 Å². The first-order chi connectivity index (χ1) is 5.22. The van der Waals surface area contributed by atoms with E-state index in [1.54, 1.807) is 0 Å². The van der Waals surface area contributed by atoms with Crippen LogP contribution in [0.3, 0.4) is 0 Å². The summed E-state index contributed by atoms with van der Waals surface area (Å²) in [5.74, 6) is 0. The predicted octanol–water partition coefficient (Wildman–Crippen LogP) is 1.70. The van der Waals surface area contributed by atoms with E-state index in [0.29, 0.717) is 0 Å². The Balaban J connectivity index is 0. The van der Waals surface area contributed by atoms with E-state index in [2.05, 4.69) is 18.7 Å². The Morgan fingerprint density at radius 3 is 1.91 bits per heavy atom. The summed E-state index contributed by atoms with van der Waals surface area (Å²) >= 11 is 0. The molecule has 0 saturated carbocycles. The van der Waals surface area contributed by atoms with Crippen LogP contribution < -0.4 is 5.73 Å². The van der Waals surface area contributed by atoms with E-state index in [-0.39, 0.29) is 1.43 Å². The molecule has 1 fully saturated rings. The highest BCUT2D eigenvalue weighted by Crippen LogP contribution is 2.09. The van der Waals surface area contributed by atoms with E-state index in [4.69, 9.17) is 5.73 Å². The summed E-state index contributed by atoms with van der Waals surface area (Å²) in [5.41, 5.74) is 4.85. The maximum Gasteiger partial charge on any atom is 0.00385 e. The van der Waals surface area contributed by atoms with Crippen molar-refractivity contribution in [1.82, 2.24) is 4.90 Å². The minimum atomic E-state index is 0. The second-order valence-electron chi connectivity index (χ2n) is 3.25. The first-order valence-corrected chi connectivity index (χ1v) is 4.66. The Morgan fingerprint density at radius 1 is 1.36 bits per heavy atom. The summed E-state index contributed by atoms with van der Waals surface area (Å²) in [6.07, 6.45) is 2.83. The zero-order chi connectivity index (χ0) is 8.69. The molecule has 0 aromatic rings. The van der Waals surface area contributed by atoms with E-state index in [1.165, 1.54) is 25.9 Å². The summed E-state index contributed by atoms with van der Waals surface area (Å²) in [7, 11) is 0. The van der Waals surface area contributed by atoms with Crippen molar-refractivity contribution in [1.29, 1.82) is 0 Å². The SMILES string of the molecule is CC(C)N1CCCC1.CCN.[HH]. The quantitative estimate of drug-likeness (QED) is 0.632. The largest absolute Gasteiger partial charge is 0.331 e. The van der Waals surface area contributed by atoms with Crippen LogP contribution in [0.2, 0.25) is 0 Å². The van der Waals surface area contributed by atoms with Crippen LogP contribution in [-0.2, 0) is 0 Å². The van der Waals surface area contributed by atoms with E-state index in [9.17, 15) is 0 Å².